The first kappa shape index (κ1) is 8.96. The van der Waals surface area contributed by atoms with Gasteiger partial charge in [-0.05, 0) is 6.92 Å². The van der Waals surface area contributed by atoms with Crippen LogP contribution in [0.3, 0.4) is 0 Å². The third kappa shape index (κ3) is 1.67. The second kappa shape index (κ2) is 3.63. The van der Waals surface area contributed by atoms with Crippen molar-refractivity contribution in [3.05, 3.63) is 35.7 Å². The number of rotatable bonds is 3. The van der Waals surface area contributed by atoms with Gasteiger partial charge in [0, 0.05) is 18.5 Å². The van der Waals surface area contributed by atoms with Crippen LogP contribution in [0.2, 0.25) is 0 Å². The van der Waals surface area contributed by atoms with Crippen molar-refractivity contribution in [2.45, 2.75) is 20.1 Å². The molecule has 0 aliphatic rings. The summed E-state index contributed by atoms with van der Waals surface area (Å²) in [5.41, 5.74) is 0.829. The van der Waals surface area contributed by atoms with E-state index >= 15 is 0 Å². The number of aliphatic hydroxyl groups is 1. The molecule has 14 heavy (non-hydrogen) atoms. The van der Waals surface area contributed by atoms with Crippen molar-refractivity contribution in [2.75, 3.05) is 0 Å². The Labute approximate surface area is 81.0 Å². The monoisotopic (exact) mass is 193 g/mol. The Morgan fingerprint density at radius 3 is 3.07 bits per heavy atom. The van der Waals surface area contributed by atoms with Crippen LogP contribution in [0.4, 0.5) is 0 Å². The summed E-state index contributed by atoms with van der Waals surface area (Å²) < 4.78 is 6.77. The Bertz CT molecular complexity index is 419. The van der Waals surface area contributed by atoms with Gasteiger partial charge in [-0.2, -0.15) is 0 Å². The number of aliphatic hydroxyl groups excluding tert-OH is 1. The smallest absolute Gasteiger partial charge is 0.134 e. The second-order valence-corrected chi connectivity index (χ2v) is 3.06. The van der Waals surface area contributed by atoms with E-state index in [-0.39, 0.29) is 6.61 Å². The van der Waals surface area contributed by atoms with Gasteiger partial charge in [-0.15, -0.1) is 0 Å². The molecule has 0 unspecified atom stereocenters. The molecule has 0 amide bonds. The van der Waals surface area contributed by atoms with Gasteiger partial charge in [0.15, 0.2) is 0 Å². The Balaban J connectivity index is 2.18. The van der Waals surface area contributed by atoms with E-state index in [0.29, 0.717) is 12.4 Å². The topological polar surface area (TPSA) is 64.1 Å². The lowest BCUT2D eigenvalue weighted by atomic mass is 10.4. The molecule has 1 N–H and O–H groups in total. The van der Waals surface area contributed by atoms with E-state index in [4.69, 9.17) is 9.63 Å². The number of aromatic nitrogens is 3. The number of nitrogens with zero attached hydrogens (tertiary/aromatic N) is 3. The van der Waals surface area contributed by atoms with Gasteiger partial charge >= 0.3 is 0 Å². The van der Waals surface area contributed by atoms with Crippen molar-refractivity contribution in [1.82, 2.24) is 14.7 Å². The number of hydrogen-bond acceptors (Lipinski definition) is 4. The summed E-state index contributed by atoms with van der Waals surface area (Å²) in [6.45, 7) is 2.36. The van der Waals surface area contributed by atoms with Crippen LogP contribution in [0.5, 0.6) is 0 Å². The highest BCUT2D eigenvalue weighted by Gasteiger charge is 2.04. The maximum Gasteiger partial charge on any atom is 0.134 e. The van der Waals surface area contributed by atoms with E-state index in [0.717, 1.165) is 11.5 Å². The number of imidazole rings is 1. The molecule has 0 aromatic carbocycles. The quantitative estimate of drug-likeness (QED) is 0.780. The van der Waals surface area contributed by atoms with Crippen LogP contribution in [-0.4, -0.2) is 19.8 Å². The highest BCUT2D eigenvalue weighted by Crippen LogP contribution is 2.06. The van der Waals surface area contributed by atoms with Gasteiger partial charge in [0.05, 0.1) is 6.54 Å². The van der Waals surface area contributed by atoms with Crippen LogP contribution in [0.15, 0.2) is 23.0 Å². The minimum absolute atomic E-state index is 0.0656. The lowest BCUT2D eigenvalue weighted by molar-refractivity contribution is 0.265. The minimum Gasteiger partial charge on any atom is -0.388 e. The highest BCUT2D eigenvalue weighted by atomic mass is 16.5. The number of aryl methyl sites for hydroxylation is 1. The molecule has 0 radical (unpaired) electrons. The zero-order valence-corrected chi connectivity index (χ0v) is 7.84. The van der Waals surface area contributed by atoms with Crippen LogP contribution in [-0.2, 0) is 13.2 Å². The van der Waals surface area contributed by atoms with E-state index in [1.165, 1.54) is 0 Å². The molecule has 0 aliphatic carbocycles. The zero-order chi connectivity index (χ0) is 9.97. The molecule has 0 aliphatic heterocycles. The fraction of sp³-hybridized carbons (Fsp3) is 0.333. The minimum atomic E-state index is -0.0656. The molecule has 74 valence electrons. The predicted molar refractivity (Wildman–Crippen MR) is 48.5 cm³/mol. The van der Waals surface area contributed by atoms with Gasteiger partial charge in [0.1, 0.15) is 23.9 Å². The van der Waals surface area contributed by atoms with Gasteiger partial charge in [0.25, 0.3) is 0 Å². The molecule has 0 fully saturated rings. The van der Waals surface area contributed by atoms with Gasteiger partial charge in [-0.1, -0.05) is 5.16 Å². The second-order valence-electron chi connectivity index (χ2n) is 3.06. The molecule has 2 aromatic heterocycles. The van der Waals surface area contributed by atoms with E-state index < -0.39 is 0 Å². The Kier molecular flexibility index (Phi) is 2.32. The molecule has 5 heteroatoms. The summed E-state index contributed by atoms with van der Waals surface area (Å²) in [6.07, 6.45) is 3.45. The van der Waals surface area contributed by atoms with Crippen LogP contribution >= 0.6 is 0 Å². The largest absolute Gasteiger partial charge is 0.388 e. The van der Waals surface area contributed by atoms with Crippen LogP contribution in [0, 0.1) is 6.92 Å². The van der Waals surface area contributed by atoms with Crippen molar-refractivity contribution in [2.24, 2.45) is 0 Å². The van der Waals surface area contributed by atoms with Crippen LogP contribution in [0.25, 0.3) is 0 Å². The molecule has 2 heterocycles. The third-order valence-electron chi connectivity index (χ3n) is 1.95. The average molecular weight is 193 g/mol. The average Bonchev–Trinajstić information content (AvgIpc) is 2.76. The zero-order valence-electron chi connectivity index (χ0n) is 7.84. The van der Waals surface area contributed by atoms with Gasteiger partial charge in [0.2, 0.25) is 0 Å². The maximum atomic E-state index is 8.96. The molecule has 0 saturated heterocycles. The van der Waals surface area contributed by atoms with Gasteiger partial charge in [-0.3, -0.25) is 0 Å². The molecule has 5 nitrogen and oxygen atoms in total. The van der Waals surface area contributed by atoms with Crippen LogP contribution in [0.1, 0.15) is 17.3 Å². The summed E-state index contributed by atoms with van der Waals surface area (Å²) in [5, 5.41) is 12.8. The van der Waals surface area contributed by atoms with Crippen molar-refractivity contribution in [1.29, 1.82) is 0 Å². The fourth-order valence-corrected chi connectivity index (χ4v) is 1.30. The van der Waals surface area contributed by atoms with E-state index in [9.17, 15) is 0 Å². The van der Waals surface area contributed by atoms with E-state index in [1.807, 2.05) is 17.6 Å². The predicted octanol–water partition coefficient (Wildman–Crippen LogP) is 0.720. The van der Waals surface area contributed by atoms with Gasteiger partial charge in [-0.25, -0.2) is 4.98 Å². The van der Waals surface area contributed by atoms with Crippen molar-refractivity contribution in [3.8, 4) is 0 Å². The fourth-order valence-electron chi connectivity index (χ4n) is 1.30. The van der Waals surface area contributed by atoms with E-state index in [2.05, 4.69) is 10.1 Å². The van der Waals surface area contributed by atoms with Crippen molar-refractivity contribution >= 4 is 0 Å². The molecule has 0 atom stereocenters. The lowest BCUT2D eigenvalue weighted by Gasteiger charge is -2.01. The molecule has 0 saturated carbocycles. The first-order valence-electron chi connectivity index (χ1n) is 4.32. The van der Waals surface area contributed by atoms with Crippen molar-refractivity contribution in [3.63, 3.8) is 0 Å². The SMILES string of the molecule is Cc1cc(Cn2ccnc2CO)no1. The third-order valence-corrected chi connectivity index (χ3v) is 1.95. The Hall–Kier alpha value is -1.62. The molecular formula is C9H11N3O2. The summed E-state index contributed by atoms with van der Waals surface area (Å²) >= 11 is 0. The first-order chi connectivity index (χ1) is 6.79. The molecular weight excluding hydrogens is 182 g/mol. The first-order valence-corrected chi connectivity index (χ1v) is 4.32. The van der Waals surface area contributed by atoms with Crippen LogP contribution < -0.4 is 0 Å². The summed E-state index contributed by atoms with van der Waals surface area (Å²) in [4.78, 5) is 3.99. The molecule has 2 aromatic rings. The highest BCUT2D eigenvalue weighted by molar-refractivity contribution is 5.05. The standard InChI is InChI=1S/C9H11N3O2/c1-7-4-8(11-14-7)5-12-3-2-10-9(12)6-13/h2-4,13H,5-6H2,1H3. The summed E-state index contributed by atoms with van der Waals surface area (Å²) in [5.74, 6) is 1.41. The lowest BCUT2D eigenvalue weighted by Crippen LogP contribution is -2.04. The summed E-state index contributed by atoms with van der Waals surface area (Å²) in [7, 11) is 0. The Morgan fingerprint density at radius 1 is 1.57 bits per heavy atom. The molecule has 0 bridgehead atoms. The number of hydrogen-bond donors (Lipinski definition) is 1. The van der Waals surface area contributed by atoms with Gasteiger partial charge < -0.3 is 14.2 Å². The van der Waals surface area contributed by atoms with Crippen molar-refractivity contribution < 1.29 is 9.63 Å². The molecule has 2 rings (SSSR count). The normalized spacial score (nSPS) is 10.7. The molecule has 0 spiro atoms. The maximum absolute atomic E-state index is 8.96. The summed E-state index contributed by atoms with van der Waals surface area (Å²) in [6, 6.07) is 1.86. The Morgan fingerprint density at radius 2 is 2.43 bits per heavy atom. The van der Waals surface area contributed by atoms with E-state index in [1.54, 1.807) is 12.4 Å².